The molecule has 1 aliphatic rings. The van der Waals surface area contributed by atoms with Gasteiger partial charge in [-0.1, -0.05) is 0 Å². The Bertz CT molecular complexity index is 649. The number of rotatable bonds is 2. The van der Waals surface area contributed by atoms with E-state index in [1.165, 1.54) is 0 Å². The zero-order chi connectivity index (χ0) is 14.1. The second-order valence-electron chi connectivity index (χ2n) is 4.81. The summed E-state index contributed by atoms with van der Waals surface area (Å²) in [4.78, 5) is 18.2. The molecule has 0 spiro atoms. The molecule has 1 aromatic heterocycles. The topological polar surface area (TPSA) is 76.2 Å². The molecule has 0 radical (unpaired) electrons. The number of hydrogen-bond donors (Lipinski definition) is 2. The molecule has 104 valence electrons. The molecule has 1 amide bonds. The molecule has 6 nitrogen and oxygen atoms in total. The summed E-state index contributed by atoms with van der Waals surface area (Å²) in [6.45, 7) is 2.43. The normalized spacial score (nSPS) is 13.9. The molecule has 20 heavy (non-hydrogen) atoms. The number of aromatic nitrogens is 2. The molecule has 3 N–H and O–H groups in total. The summed E-state index contributed by atoms with van der Waals surface area (Å²) in [5, 5.41) is 2.63. The van der Waals surface area contributed by atoms with E-state index >= 15 is 0 Å². The van der Waals surface area contributed by atoms with Crippen LogP contribution in [-0.2, 0) is 13.1 Å². The summed E-state index contributed by atoms with van der Waals surface area (Å²) in [5.74, 6) is 0.908. The van der Waals surface area contributed by atoms with Crippen LogP contribution in [0.2, 0.25) is 0 Å². The second kappa shape index (κ2) is 4.88. The molecule has 1 aliphatic heterocycles. The number of benzene rings is 1. The fourth-order valence-corrected chi connectivity index (χ4v) is 2.48. The third kappa shape index (κ3) is 2.09. The Morgan fingerprint density at radius 2 is 2.25 bits per heavy atom. The van der Waals surface area contributed by atoms with Crippen molar-refractivity contribution in [2.45, 2.75) is 13.1 Å². The molecule has 2 aromatic rings. The van der Waals surface area contributed by atoms with Gasteiger partial charge in [0.25, 0.3) is 5.91 Å². The monoisotopic (exact) mass is 271 g/mol. The van der Waals surface area contributed by atoms with E-state index in [9.17, 15) is 4.79 Å². The third-order valence-corrected chi connectivity index (χ3v) is 3.61. The Hall–Kier alpha value is -2.50. The number of nitrogens with one attached hydrogen (secondary N) is 1. The quantitative estimate of drug-likeness (QED) is 0.794. The van der Waals surface area contributed by atoms with Crippen molar-refractivity contribution in [1.82, 2.24) is 14.9 Å². The highest BCUT2D eigenvalue weighted by Gasteiger charge is 2.19. The van der Waals surface area contributed by atoms with Crippen LogP contribution in [0.25, 0.3) is 0 Å². The van der Waals surface area contributed by atoms with E-state index in [0.717, 1.165) is 24.6 Å². The van der Waals surface area contributed by atoms with Gasteiger partial charge in [-0.25, -0.2) is 4.98 Å². The van der Waals surface area contributed by atoms with Crippen LogP contribution in [-0.4, -0.2) is 29.1 Å². The molecule has 2 heterocycles. The number of fused-ring (bicyclic) bond motifs is 1. The lowest BCUT2D eigenvalue weighted by molar-refractivity contribution is 0.0963. The maximum atomic E-state index is 11.7. The van der Waals surface area contributed by atoms with Gasteiger partial charge in [0.05, 0.1) is 17.9 Å². The minimum atomic E-state index is -0.107. The van der Waals surface area contributed by atoms with Crippen LogP contribution >= 0.6 is 0 Å². The standard InChI is InChI=1S/C14H17N5O/c1-16-14(20)10-2-3-11(15)12(8-10)19-7-6-18-5-4-17-13(18)9-19/h2-5,8H,6-7,9,15H2,1H3,(H,16,20). The average Bonchev–Trinajstić information content (AvgIpc) is 2.94. The minimum absolute atomic E-state index is 0.107. The summed E-state index contributed by atoms with van der Waals surface area (Å²) in [6, 6.07) is 5.36. The van der Waals surface area contributed by atoms with Crippen LogP contribution in [0.5, 0.6) is 0 Å². The van der Waals surface area contributed by atoms with Crippen LogP contribution in [0.1, 0.15) is 16.2 Å². The first kappa shape index (κ1) is 12.5. The van der Waals surface area contributed by atoms with Gasteiger partial charge >= 0.3 is 0 Å². The number of nitrogens with zero attached hydrogens (tertiary/aromatic N) is 3. The van der Waals surface area contributed by atoms with Crippen molar-refractivity contribution in [2.24, 2.45) is 0 Å². The minimum Gasteiger partial charge on any atom is -0.397 e. The highest BCUT2D eigenvalue weighted by molar-refractivity contribution is 5.96. The van der Waals surface area contributed by atoms with Crippen molar-refractivity contribution >= 4 is 17.3 Å². The molecule has 0 saturated carbocycles. The summed E-state index contributed by atoms with van der Waals surface area (Å²) in [7, 11) is 1.62. The number of amides is 1. The van der Waals surface area contributed by atoms with Gasteiger partial charge in [-0.2, -0.15) is 0 Å². The zero-order valence-corrected chi connectivity index (χ0v) is 11.3. The van der Waals surface area contributed by atoms with Gasteiger partial charge in [-0.05, 0) is 18.2 Å². The molecule has 0 fully saturated rings. The van der Waals surface area contributed by atoms with Crippen LogP contribution in [0.3, 0.4) is 0 Å². The van der Waals surface area contributed by atoms with E-state index in [2.05, 4.69) is 19.8 Å². The summed E-state index contributed by atoms with van der Waals surface area (Å²) in [6.07, 6.45) is 3.79. The molecule has 6 heteroatoms. The first-order valence-corrected chi connectivity index (χ1v) is 6.55. The Kier molecular flexibility index (Phi) is 3.06. The van der Waals surface area contributed by atoms with Gasteiger partial charge < -0.3 is 20.5 Å². The summed E-state index contributed by atoms with van der Waals surface area (Å²) in [5.41, 5.74) is 8.24. The Morgan fingerprint density at radius 3 is 3.05 bits per heavy atom. The number of nitrogen functional groups attached to an aromatic ring is 1. The van der Waals surface area contributed by atoms with E-state index in [1.54, 1.807) is 19.2 Å². The Balaban J connectivity index is 1.92. The smallest absolute Gasteiger partial charge is 0.251 e. The number of hydrogen-bond acceptors (Lipinski definition) is 4. The van der Waals surface area contributed by atoms with Crippen LogP contribution < -0.4 is 16.0 Å². The Morgan fingerprint density at radius 1 is 1.40 bits per heavy atom. The predicted octanol–water partition coefficient (Wildman–Crippen LogP) is 0.845. The van der Waals surface area contributed by atoms with Gasteiger partial charge in [0, 0.05) is 38.1 Å². The van der Waals surface area contributed by atoms with Crippen molar-refractivity contribution in [3.63, 3.8) is 0 Å². The first-order valence-electron chi connectivity index (χ1n) is 6.55. The first-order chi connectivity index (χ1) is 9.69. The number of carbonyl (C=O) groups excluding carboxylic acids is 1. The highest BCUT2D eigenvalue weighted by atomic mass is 16.1. The van der Waals surface area contributed by atoms with Crippen molar-refractivity contribution in [2.75, 3.05) is 24.2 Å². The number of nitrogens with two attached hydrogens (primary N) is 1. The van der Waals surface area contributed by atoms with E-state index < -0.39 is 0 Å². The lowest BCUT2D eigenvalue weighted by atomic mass is 10.1. The van der Waals surface area contributed by atoms with Crippen LogP contribution in [0.4, 0.5) is 11.4 Å². The SMILES string of the molecule is CNC(=O)c1ccc(N)c(N2CCn3ccnc3C2)c1. The van der Waals surface area contributed by atoms with Gasteiger partial charge in [-0.3, -0.25) is 4.79 Å². The van der Waals surface area contributed by atoms with E-state index in [1.807, 2.05) is 18.5 Å². The lowest BCUT2D eigenvalue weighted by Crippen LogP contribution is -2.34. The number of imidazole rings is 1. The highest BCUT2D eigenvalue weighted by Crippen LogP contribution is 2.27. The summed E-state index contributed by atoms with van der Waals surface area (Å²) >= 11 is 0. The second-order valence-corrected chi connectivity index (χ2v) is 4.81. The fourth-order valence-electron chi connectivity index (χ4n) is 2.48. The maximum absolute atomic E-state index is 11.7. The molecule has 0 aliphatic carbocycles. The van der Waals surface area contributed by atoms with Gasteiger partial charge in [0.2, 0.25) is 0 Å². The summed E-state index contributed by atoms with van der Waals surface area (Å²) < 4.78 is 2.13. The van der Waals surface area contributed by atoms with Crippen LogP contribution in [0, 0.1) is 0 Å². The molecule has 3 rings (SSSR count). The molecule has 1 aromatic carbocycles. The molecular formula is C14H17N5O. The molecule has 0 atom stereocenters. The van der Waals surface area contributed by atoms with E-state index in [0.29, 0.717) is 17.8 Å². The number of carbonyl (C=O) groups is 1. The molecule has 0 bridgehead atoms. The van der Waals surface area contributed by atoms with Crippen molar-refractivity contribution in [3.05, 3.63) is 42.0 Å². The van der Waals surface area contributed by atoms with Crippen LogP contribution in [0.15, 0.2) is 30.6 Å². The van der Waals surface area contributed by atoms with Gasteiger partial charge in [0.1, 0.15) is 5.82 Å². The van der Waals surface area contributed by atoms with E-state index in [4.69, 9.17) is 5.73 Å². The van der Waals surface area contributed by atoms with Crippen molar-refractivity contribution in [3.8, 4) is 0 Å². The van der Waals surface area contributed by atoms with Crippen molar-refractivity contribution < 1.29 is 4.79 Å². The largest absolute Gasteiger partial charge is 0.397 e. The predicted molar refractivity (Wildman–Crippen MR) is 77.5 cm³/mol. The van der Waals surface area contributed by atoms with E-state index in [-0.39, 0.29) is 5.91 Å². The third-order valence-electron chi connectivity index (χ3n) is 3.61. The molecular weight excluding hydrogens is 254 g/mol. The van der Waals surface area contributed by atoms with Crippen molar-refractivity contribution in [1.29, 1.82) is 0 Å². The van der Waals surface area contributed by atoms with Gasteiger partial charge in [-0.15, -0.1) is 0 Å². The number of anilines is 2. The maximum Gasteiger partial charge on any atom is 0.251 e. The molecule has 0 saturated heterocycles. The Labute approximate surface area is 117 Å². The molecule has 0 unspecified atom stereocenters. The average molecular weight is 271 g/mol. The van der Waals surface area contributed by atoms with Gasteiger partial charge in [0.15, 0.2) is 0 Å². The zero-order valence-electron chi connectivity index (χ0n) is 11.3. The lowest BCUT2D eigenvalue weighted by Gasteiger charge is -2.30. The fraction of sp³-hybridized carbons (Fsp3) is 0.286.